The number of rotatable bonds is 6. The molecule has 1 aromatic heterocycles. The van der Waals surface area contributed by atoms with E-state index in [1.54, 1.807) is 13.0 Å². The number of hydrogen-bond donors (Lipinski definition) is 1. The van der Waals surface area contributed by atoms with Crippen LogP contribution in [-0.4, -0.2) is 23.8 Å². The molecule has 6 heteroatoms. The molecule has 2 rings (SSSR count). The second-order valence-corrected chi connectivity index (χ2v) is 4.82. The molecule has 0 spiro atoms. The molecule has 0 aromatic carbocycles. The van der Waals surface area contributed by atoms with E-state index in [9.17, 15) is 13.2 Å². The molecule has 0 aliphatic heterocycles. The molecule has 0 atom stereocenters. The minimum absolute atomic E-state index is 0.261. The van der Waals surface area contributed by atoms with Crippen LogP contribution in [0, 0.1) is 6.92 Å². The van der Waals surface area contributed by atoms with Crippen molar-refractivity contribution in [2.45, 2.75) is 44.9 Å². The van der Waals surface area contributed by atoms with Crippen molar-refractivity contribution in [1.29, 1.82) is 0 Å². The molecular weight excluding hydrogens is 257 g/mol. The highest BCUT2D eigenvalue weighted by Crippen LogP contribution is 2.22. The number of ether oxygens (including phenoxy) is 1. The van der Waals surface area contributed by atoms with Crippen LogP contribution >= 0.6 is 0 Å². The van der Waals surface area contributed by atoms with Gasteiger partial charge in [0.2, 0.25) is 5.88 Å². The van der Waals surface area contributed by atoms with Crippen LogP contribution in [0.1, 0.15) is 30.5 Å². The Bertz CT molecular complexity index is 430. The minimum Gasteiger partial charge on any atom is -0.477 e. The zero-order chi connectivity index (χ0) is 13.9. The first kappa shape index (κ1) is 14.1. The highest BCUT2D eigenvalue weighted by molar-refractivity contribution is 5.24. The Morgan fingerprint density at radius 2 is 2.11 bits per heavy atom. The van der Waals surface area contributed by atoms with Crippen molar-refractivity contribution >= 4 is 0 Å². The van der Waals surface area contributed by atoms with Crippen molar-refractivity contribution in [3.05, 3.63) is 23.4 Å². The third-order valence-corrected chi connectivity index (χ3v) is 2.80. The molecule has 1 aromatic rings. The summed E-state index contributed by atoms with van der Waals surface area (Å²) in [6.07, 6.45) is -2.77. The Hall–Kier alpha value is -1.30. The quantitative estimate of drug-likeness (QED) is 0.866. The summed E-state index contributed by atoms with van der Waals surface area (Å²) in [7, 11) is 0. The first-order chi connectivity index (χ1) is 8.92. The fraction of sp³-hybridized carbons (Fsp3) is 0.615. The van der Waals surface area contributed by atoms with Gasteiger partial charge in [-0.25, -0.2) is 4.98 Å². The Morgan fingerprint density at radius 3 is 2.74 bits per heavy atom. The molecular formula is C13H17F3N2O. The van der Waals surface area contributed by atoms with Gasteiger partial charge >= 0.3 is 6.18 Å². The molecule has 19 heavy (non-hydrogen) atoms. The second kappa shape index (κ2) is 5.77. The Labute approximate surface area is 110 Å². The molecule has 1 aliphatic rings. The molecule has 1 N–H and O–H groups in total. The maximum Gasteiger partial charge on any atom is 0.392 e. The second-order valence-electron chi connectivity index (χ2n) is 4.82. The van der Waals surface area contributed by atoms with E-state index in [1.807, 2.05) is 6.07 Å². The molecule has 1 fully saturated rings. The molecule has 1 heterocycles. The smallest absolute Gasteiger partial charge is 0.392 e. The normalized spacial score (nSPS) is 15.6. The Balaban J connectivity index is 1.87. The number of aryl methyl sites for hydroxylation is 1. The van der Waals surface area contributed by atoms with Crippen molar-refractivity contribution in [3.8, 4) is 5.88 Å². The van der Waals surface area contributed by atoms with Gasteiger partial charge in [0.1, 0.15) is 0 Å². The van der Waals surface area contributed by atoms with E-state index in [-0.39, 0.29) is 5.88 Å². The van der Waals surface area contributed by atoms with E-state index >= 15 is 0 Å². The SMILES string of the molecule is Cc1cc(CNC2CC2)cc(OCCC(F)(F)F)n1. The van der Waals surface area contributed by atoms with Crippen molar-refractivity contribution in [3.63, 3.8) is 0 Å². The van der Waals surface area contributed by atoms with E-state index in [1.165, 1.54) is 12.8 Å². The van der Waals surface area contributed by atoms with E-state index < -0.39 is 19.2 Å². The molecule has 1 saturated carbocycles. The largest absolute Gasteiger partial charge is 0.477 e. The maximum atomic E-state index is 12.0. The van der Waals surface area contributed by atoms with E-state index in [0.29, 0.717) is 12.6 Å². The van der Waals surface area contributed by atoms with Crippen LogP contribution in [0.15, 0.2) is 12.1 Å². The summed E-state index contributed by atoms with van der Waals surface area (Å²) in [5.74, 6) is 0.261. The van der Waals surface area contributed by atoms with Gasteiger partial charge in [0.15, 0.2) is 0 Å². The lowest BCUT2D eigenvalue weighted by Crippen LogP contribution is -2.16. The van der Waals surface area contributed by atoms with Crippen LogP contribution in [0.4, 0.5) is 13.2 Å². The summed E-state index contributed by atoms with van der Waals surface area (Å²) >= 11 is 0. The average Bonchev–Trinajstić information content (AvgIpc) is 3.07. The molecule has 0 radical (unpaired) electrons. The average molecular weight is 274 g/mol. The topological polar surface area (TPSA) is 34.1 Å². The molecule has 0 saturated heterocycles. The Morgan fingerprint density at radius 1 is 1.37 bits per heavy atom. The van der Waals surface area contributed by atoms with Crippen LogP contribution in [0.3, 0.4) is 0 Å². The van der Waals surface area contributed by atoms with Crippen molar-refractivity contribution in [2.75, 3.05) is 6.61 Å². The third kappa shape index (κ3) is 5.46. The zero-order valence-electron chi connectivity index (χ0n) is 10.8. The van der Waals surface area contributed by atoms with Gasteiger partial charge in [-0.2, -0.15) is 13.2 Å². The summed E-state index contributed by atoms with van der Waals surface area (Å²) in [5, 5.41) is 3.34. The lowest BCUT2D eigenvalue weighted by Gasteiger charge is -2.10. The van der Waals surface area contributed by atoms with Crippen LogP contribution in [0.25, 0.3) is 0 Å². The molecule has 1 aliphatic carbocycles. The van der Waals surface area contributed by atoms with Crippen molar-refractivity contribution in [2.24, 2.45) is 0 Å². The number of aromatic nitrogens is 1. The van der Waals surface area contributed by atoms with E-state index in [0.717, 1.165) is 11.3 Å². The molecule has 0 bridgehead atoms. The number of halogens is 3. The van der Waals surface area contributed by atoms with Crippen molar-refractivity contribution < 1.29 is 17.9 Å². The van der Waals surface area contributed by atoms with Crippen molar-refractivity contribution in [1.82, 2.24) is 10.3 Å². The van der Waals surface area contributed by atoms with Gasteiger partial charge in [0.05, 0.1) is 13.0 Å². The van der Waals surface area contributed by atoms with Gasteiger partial charge in [0.25, 0.3) is 0 Å². The highest BCUT2D eigenvalue weighted by atomic mass is 19.4. The number of hydrogen-bond acceptors (Lipinski definition) is 3. The molecule has 3 nitrogen and oxygen atoms in total. The minimum atomic E-state index is -4.19. The number of pyridine rings is 1. The van der Waals surface area contributed by atoms with Gasteiger partial charge in [0, 0.05) is 24.3 Å². The summed E-state index contributed by atoms with van der Waals surface area (Å²) < 4.78 is 41.1. The summed E-state index contributed by atoms with van der Waals surface area (Å²) in [4.78, 5) is 4.08. The van der Waals surface area contributed by atoms with Crippen LogP contribution in [0.5, 0.6) is 5.88 Å². The predicted octanol–water partition coefficient (Wildman–Crippen LogP) is 2.97. The third-order valence-electron chi connectivity index (χ3n) is 2.80. The number of nitrogens with zero attached hydrogens (tertiary/aromatic N) is 1. The number of alkyl halides is 3. The van der Waals surface area contributed by atoms with E-state index in [4.69, 9.17) is 4.74 Å². The highest BCUT2D eigenvalue weighted by Gasteiger charge is 2.27. The predicted molar refractivity (Wildman–Crippen MR) is 65.0 cm³/mol. The van der Waals surface area contributed by atoms with Gasteiger partial charge in [-0.3, -0.25) is 0 Å². The van der Waals surface area contributed by atoms with Gasteiger partial charge in [-0.15, -0.1) is 0 Å². The lowest BCUT2D eigenvalue weighted by atomic mass is 10.2. The zero-order valence-corrected chi connectivity index (χ0v) is 10.8. The molecule has 0 unspecified atom stereocenters. The van der Waals surface area contributed by atoms with Crippen LogP contribution < -0.4 is 10.1 Å². The summed E-state index contributed by atoms with van der Waals surface area (Å²) in [5.41, 5.74) is 1.73. The van der Waals surface area contributed by atoms with Crippen LogP contribution in [-0.2, 0) is 6.54 Å². The monoisotopic (exact) mass is 274 g/mol. The molecule has 106 valence electrons. The van der Waals surface area contributed by atoms with E-state index in [2.05, 4.69) is 10.3 Å². The fourth-order valence-electron chi connectivity index (χ4n) is 1.70. The fourth-order valence-corrected chi connectivity index (χ4v) is 1.70. The van der Waals surface area contributed by atoms with Crippen LogP contribution in [0.2, 0.25) is 0 Å². The summed E-state index contributed by atoms with van der Waals surface area (Å²) in [6, 6.07) is 4.19. The standard InChI is InChI=1S/C13H17F3N2O/c1-9-6-10(8-17-11-2-3-11)7-12(18-9)19-5-4-13(14,15)16/h6-7,11,17H,2-5,8H2,1H3. The van der Waals surface area contributed by atoms with Gasteiger partial charge in [-0.1, -0.05) is 0 Å². The van der Waals surface area contributed by atoms with Gasteiger partial charge < -0.3 is 10.1 Å². The van der Waals surface area contributed by atoms with Gasteiger partial charge in [-0.05, 0) is 31.4 Å². The summed E-state index contributed by atoms with van der Waals surface area (Å²) in [6.45, 7) is 2.11. The maximum absolute atomic E-state index is 12.0. The first-order valence-electron chi connectivity index (χ1n) is 6.33. The Kier molecular flexibility index (Phi) is 4.29. The first-order valence-corrected chi connectivity index (χ1v) is 6.33. The molecule has 0 amide bonds. The lowest BCUT2D eigenvalue weighted by molar-refractivity contribution is -0.139. The number of nitrogens with one attached hydrogen (secondary N) is 1.